The Bertz CT molecular complexity index is 632. The Labute approximate surface area is 134 Å². The van der Waals surface area contributed by atoms with Crippen LogP contribution in [-0.4, -0.2) is 40.0 Å². The van der Waals surface area contributed by atoms with Crippen LogP contribution in [0.1, 0.15) is 11.3 Å². The standard InChI is InChI=1S/C17H19N3O3/c21-11-10-20(13-14-6-2-1-3-7-14)17(23)16(22)19-12-15-8-4-5-9-18-15/h1-9,21H,10-13H2,(H,19,22). The van der Waals surface area contributed by atoms with Gasteiger partial charge in [0.1, 0.15) is 0 Å². The molecule has 1 aromatic carbocycles. The molecule has 2 aromatic rings. The van der Waals surface area contributed by atoms with Crippen molar-refractivity contribution in [1.82, 2.24) is 15.2 Å². The van der Waals surface area contributed by atoms with Crippen molar-refractivity contribution in [1.29, 1.82) is 0 Å². The van der Waals surface area contributed by atoms with Gasteiger partial charge in [-0.3, -0.25) is 14.6 Å². The molecule has 0 atom stereocenters. The Hall–Kier alpha value is -2.73. The third-order valence-electron chi connectivity index (χ3n) is 3.22. The first-order chi connectivity index (χ1) is 11.2. The van der Waals surface area contributed by atoms with Crippen LogP contribution in [0.2, 0.25) is 0 Å². The lowest BCUT2D eigenvalue weighted by atomic mass is 10.2. The third-order valence-corrected chi connectivity index (χ3v) is 3.22. The number of hydrogen-bond acceptors (Lipinski definition) is 4. The van der Waals surface area contributed by atoms with Gasteiger partial charge in [0.2, 0.25) is 0 Å². The van der Waals surface area contributed by atoms with E-state index >= 15 is 0 Å². The zero-order chi connectivity index (χ0) is 16.5. The van der Waals surface area contributed by atoms with Crippen LogP contribution in [0.25, 0.3) is 0 Å². The van der Waals surface area contributed by atoms with Gasteiger partial charge in [-0.2, -0.15) is 0 Å². The number of amides is 2. The Morgan fingerprint density at radius 2 is 1.83 bits per heavy atom. The molecule has 1 heterocycles. The molecule has 0 aliphatic heterocycles. The van der Waals surface area contributed by atoms with Crippen molar-refractivity contribution in [2.45, 2.75) is 13.1 Å². The number of aliphatic hydroxyl groups excluding tert-OH is 1. The van der Waals surface area contributed by atoms with Crippen LogP contribution >= 0.6 is 0 Å². The van der Waals surface area contributed by atoms with Crippen LogP contribution in [-0.2, 0) is 22.7 Å². The largest absolute Gasteiger partial charge is 0.395 e. The van der Waals surface area contributed by atoms with E-state index in [-0.39, 0.29) is 26.2 Å². The summed E-state index contributed by atoms with van der Waals surface area (Å²) in [5, 5.41) is 11.7. The highest BCUT2D eigenvalue weighted by molar-refractivity contribution is 6.34. The predicted octanol–water partition coefficient (Wildman–Crippen LogP) is 0.719. The maximum atomic E-state index is 12.2. The van der Waals surface area contributed by atoms with Crippen molar-refractivity contribution in [3.63, 3.8) is 0 Å². The summed E-state index contributed by atoms with van der Waals surface area (Å²) in [6.45, 7) is 0.359. The summed E-state index contributed by atoms with van der Waals surface area (Å²) in [4.78, 5) is 29.7. The summed E-state index contributed by atoms with van der Waals surface area (Å²) >= 11 is 0. The van der Waals surface area contributed by atoms with Crippen molar-refractivity contribution < 1.29 is 14.7 Å². The van der Waals surface area contributed by atoms with Crippen molar-refractivity contribution in [2.75, 3.05) is 13.2 Å². The van der Waals surface area contributed by atoms with Crippen LogP contribution in [0.5, 0.6) is 0 Å². The molecule has 0 saturated carbocycles. The van der Waals surface area contributed by atoms with E-state index < -0.39 is 11.8 Å². The molecular weight excluding hydrogens is 294 g/mol. The van der Waals surface area contributed by atoms with Crippen LogP contribution in [0.3, 0.4) is 0 Å². The third kappa shape index (κ3) is 5.19. The van der Waals surface area contributed by atoms with Gasteiger partial charge in [-0.1, -0.05) is 36.4 Å². The number of nitrogens with one attached hydrogen (secondary N) is 1. The van der Waals surface area contributed by atoms with E-state index in [1.54, 1.807) is 18.3 Å². The van der Waals surface area contributed by atoms with Crippen LogP contribution in [0.15, 0.2) is 54.7 Å². The maximum Gasteiger partial charge on any atom is 0.312 e. The summed E-state index contributed by atoms with van der Waals surface area (Å²) < 4.78 is 0. The summed E-state index contributed by atoms with van der Waals surface area (Å²) in [6, 6.07) is 14.7. The molecule has 0 unspecified atom stereocenters. The Morgan fingerprint density at radius 3 is 2.48 bits per heavy atom. The highest BCUT2D eigenvalue weighted by atomic mass is 16.3. The van der Waals surface area contributed by atoms with Gasteiger partial charge in [0.25, 0.3) is 0 Å². The van der Waals surface area contributed by atoms with Gasteiger partial charge < -0.3 is 15.3 Å². The first kappa shape index (κ1) is 16.6. The molecule has 6 nitrogen and oxygen atoms in total. The smallest absolute Gasteiger partial charge is 0.312 e. The number of rotatable bonds is 6. The van der Waals surface area contributed by atoms with Crippen LogP contribution in [0, 0.1) is 0 Å². The number of pyridine rings is 1. The Morgan fingerprint density at radius 1 is 1.09 bits per heavy atom. The van der Waals surface area contributed by atoms with Gasteiger partial charge in [0.15, 0.2) is 0 Å². The average molecular weight is 313 g/mol. The lowest BCUT2D eigenvalue weighted by Crippen LogP contribution is -2.43. The van der Waals surface area contributed by atoms with Crippen LogP contribution in [0.4, 0.5) is 0 Å². The number of carbonyl (C=O) groups is 2. The summed E-state index contributed by atoms with van der Waals surface area (Å²) in [5.41, 5.74) is 1.57. The molecule has 2 amide bonds. The molecule has 0 bridgehead atoms. The molecule has 0 radical (unpaired) electrons. The van der Waals surface area contributed by atoms with Crippen LogP contribution < -0.4 is 5.32 Å². The molecular formula is C17H19N3O3. The molecule has 0 aliphatic rings. The number of nitrogens with zero attached hydrogens (tertiary/aromatic N) is 2. The van der Waals surface area contributed by atoms with E-state index in [0.717, 1.165) is 5.56 Å². The fraction of sp³-hybridized carbons (Fsp3) is 0.235. The molecule has 6 heteroatoms. The predicted molar refractivity (Wildman–Crippen MR) is 85.0 cm³/mol. The highest BCUT2D eigenvalue weighted by Crippen LogP contribution is 2.05. The second-order valence-corrected chi connectivity index (χ2v) is 4.94. The topological polar surface area (TPSA) is 82.5 Å². The van der Waals surface area contributed by atoms with Gasteiger partial charge in [0.05, 0.1) is 18.8 Å². The molecule has 1 aromatic heterocycles. The minimum absolute atomic E-state index is 0.102. The van der Waals surface area contributed by atoms with E-state index in [1.807, 2.05) is 36.4 Å². The highest BCUT2D eigenvalue weighted by Gasteiger charge is 2.21. The van der Waals surface area contributed by atoms with Gasteiger partial charge in [-0.05, 0) is 17.7 Å². The molecule has 2 rings (SSSR count). The maximum absolute atomic E-state index is 12.2. The van der Waals surface area contributed by atoms with Crippen molar-refractivity contribution in [3.8, 4) is 0 Å². The van der Waals surface area contributed by atoms with E-state index in [2.05, 4.69) is 10.3 Å². The molecule has 0 spiro atoms. The lowest BCUT2D eigenvalue weighted by Gasteiger charge is -2.21. The van der Waals surface area contributed by atoms with E-state index in [4.69, 9.17) is 5.11 Å². The quantitative estimate of drug-likeness (QED) is 0.770. The monoisotopic (exact) mass is 313 g/mol. The van der Waals surface area contributed by atoms with E-state index in [9.17, 15) is 9.59 Å². The number of aliphatic hydroxyl groups is 1. The fourth-order valence-electron chi connectivity index (χ4n) is 2.07. The minimum atomic E-state index is -0.708. The fourth-order valence-corrected chi connectivity index (χ4v) is 2.07. The lowest BCUT2D eigenvalue weighted by molar-refractivity contribution is -0.146. The zero-order valence-electron chi connectivity index (χ0n) is 12.7. The summed E-state index contributed by atoms with van der Waals surface area (Å²) in [7, 11) is 0. The Balaban J connectivity index is 1.95. The second kappa shape index (κ2) is 8.65. The Kier molecular flexibility index (Phi) is 6.26. The van der Waals surface area contributed by atoms with E-state index in [0.29, 0.717) is 5.69 Å². The second-order valence-electron chi connectivity index (χ2n) is 4.94. The minimum Gasteiger partial charge on any atom is -0.395 e. The normalized spacial score (nSPS) is 10.1. The molecule has 2 N–H and O–H groups in total. The van der Waals surface area contributed by atoms with Crippen molar-refractivity contribution in [3.05, 3.63) is 66.0 Å². The van der Waals surface area contributed by atoms with Gasteiger partial charge in [-0.25, -0.2) is 0 Å². The molecule has 0 fully saturated rings. The van der Waals surface area contributed by atoms with Crippen molar-refractivity contribution in [2.24, 2.45) is 0 Å². The number of benzene rings is 1. The summed E-state index contributed by atoms with van der Waals surface area (Å²) in [6.07, 6.45) is 1.62. The number of hydrogen-bond donors (Lipinski definition) is 2. The molecule has 0 aliphatic carbocycles. The zero-order valence-corrected chi connectivity index (χ0v) is 12.7. The van der Waals surface area contributed by atoms with E-state index in [1.165, 1.54) is 4.90 Å². The number of aromatic nitrogens is 1. The summed E-state index contributed by atoms with van der Waals surface area (Å²) in [5.74, 6) is -1.38. The van der Waals surface area contributed by atoms with Gasteiger partial charge in [0, 0.05) is 19.3 Å². The van der Waals surface area contributed by atoms with Gasteiger partial charge in [-0.15, -0.1) is 0 Å². The van der Waals surface area contributed by atoms with Gasteiger partial charge >= 0.3 is 11.8 Å². The first-order valence-electron chi connectivity index (χ1n) is 7.32. The molecule has 120 valence electrons. The SMILES string of the molecule is O=C(NCc1ccccn1)C(=O)N(CCO)Cc1ccccc1. The average Bonchev–Trinajstić information content (AvgIpc) is 2.60. The first-order valence-corrected chi connectivity index (χ1v) is 7.32. The number of carbonyl (C=O) groups excluding carboxylic acids is 2. The van der Waals surface area contributed by atoms with Crippen molar-refractivity contribution >= 4 is 11.8 Å². The molecule has 23 heavy (non-hydrogen) atoms. The molecule has 0 saturated heterocycles.